The molecule has 1 aromatic heterocycles. The van der Waals surface area contributed by atoms with Crippen molar-refractivity contribution in [2.45, 2.75) is 55.2 Å². The van der Waals surface area contributed by atoms with Crippen molar-refractivity contribution < 1.29 is 68.1 Å². The van der Waals surface area contributed by atoms with E-state index in [0.29, 0.717) is 0 Å². The summed E-state index contributed by atoms with van der Waals surface area (Å²) >= 11 is 0. The van der Waals surface area contributed by atoms with E-state index in [0.717, 1.165) is 16.8 Å². The fraction of sp³-hybridized carbons (Fsp3) is 0.750. The highest BCUT2D eigenvalue weighted by Gasteiger charge is 2.49. The van der Waals surface area contributed by atoms with Gasteiger partial charge in [0, 0.05) is 12.3 Å². The molecule has 2 saturated heterocycles. The van der Waals surface area contributed by atoms with E-state index in [9.17, 15) is 54.0 Å². The van der Waals surface area contributed by atoms with Gasteiger partial charge in [0.25, 0.3) is 5.56 Å². The average molecular weight is 564 g/mol. The summed E-state index contributed by atoms with van der Waals surface area (Å²) in [5.74, 6) is -1.55. The summed E-state index contributed by atoms with van der Waals surface area (Å²) in [6, 6.07) is 0.948. The number of nitrogens with zero attached hydrogens (tertiary/aromatic N) is 1. The van der Waals surface area contributed by atoms with Crippen molar-refractivity contribution in [2.24, 2.45) is 0 Å². The fourth-order valence-electron chi connectivity index (χ4n) is 3.53. The molecule has 20 heteroatoms. The molecule has 2 aliphatic heterocycles. The maximum absolute atomic E-state index is 12.4. The monoisotopic (exact) mass is 564 g/mol. The number of aliphatic hydroxyl groups excluding tert-OH is 6. The molecule has 9 N–H and O–H groups in total. The van der Waals surface area contributed by atoms with E-state index in [-0.39, 0.29) is 0 Å². The molecule has 0 aromatic carbocycles. The zero-order chi connectivity index (χ0) is 27.0. The predicted molar refractivity (Wildman–Crippen MR) is 113 cm³/mol. The molecule has 0 saturated carbocycles. The molecule has 0 amide bonds. The Kier molecular flexibility index (Phi) is 9.08. The van der Waals surface area contributed by atoms with Crippen LogP contribution < -0.4 is 11.2 Å². The molecule has 0 radical (unpaired) electrons. The molecular formula is C16H26N2O16P2. The Bertz CT molecular complexity index is 1120. The second-order valence-corrected chi connectivity index (χ2v) is 12.2. The van der Waals surface area contributed by atoms with Crippen molar-refractivity contribution in [2.75, 3.05) is 19.1 Å². The second kappa shape index (κ2) is 11.2. The van der Waals surface area contributed by atoms with Gasteiger partial charge in [-0.25, -0.2) is 4.79 Å². The third-order valence-corrected chi connectivity index (χ3v) is 9.33. The van der Waals surface area contributed by atoms with Gasteiger partial charge in [0.15, 0.2) is 18.4 Å². The van der Waals surface area contributed by atoms with E-state index in [4.69, 9.17) is 19.1 Å². The number of aliphatic hydroxyl groups is 6. The third-order valence-electron chi connectivity index (χ3n) is 5.38. The standard InChI is InChI=1S/C16H26N2O16P2/c19-3-6-9(21)11(23)13(25)15(33-6)34-36(29,30)5-35(27,28)31-4-7-10(22)12(24)14(32-7)18-2-1-8(20)17-16(18)26/h1-2,6-7,9-15,19,21-25H,3-5H2,(H,27,28)(H,29,30)(H,17,20,26)/t6?,7-,9+,10?,11?,12?,13?,14-,15-/m1/s1. The lowest BCUT2D eigenvalue weighted by Crippen LogP contribution is -2.58. The Balaban J connectivity index is 1.61. The number of aromatic nitrogens is 2. The first kappa shape index (κ1) is 29.2. The van der Waals surface area contributed by atoms with E-state index in [1.165, 1.54) is 0 Å². The van der Waals surface area contributed by atoms with Gasteiger partial charge in [-0.3, -0.25) is 28.0 Å². The van der Waals surface area contributed by atoms with Crippen LogP contribution in [0.1, 0.15) is 6.23 Å². The van der Waals surface area contributed by atoms with Crippen LogP contribution >= 0.6 is 15.2 Å². The summed E-state index contributed by atoms with van der Waals surface area (Å²) in [6.45, 7) is -1.76. The predicted octanol–water partition coefficient (Wildman–Crippen LogP) is -4.68. The van der Waals surface area contributed by atoms with Gasteiger partial charge in [-0.2, -0.15) is 0 Å². The minimum Gasteiger partial charge on any atom is -0.394 e. The zero-order valence-corrected chi connectivity index (χ0v) is 19.9. The van der Waals surface area contributed by atoms with Gasteiger partial charge in [0.05, 0.1) is 13.2 Å². The van der Waals surface area contributed by atoms with Crippen LogP contribution in [-0.2, 0) is 27.7 Å². The van der Waals surface area contributed by atoms with Crippen LogP contribution in [0.25, 0.3) is 0 Å². The highest BCUT2D eigenvalue weighted by Crippen LogP contribution is 2.59. The molecule has 0 spiro atoms. The van der Waals surface area contributed by atoms with Crippen LogP contribution in [0.2, 0.25) is 0 Å². The van der Waals surface area contributed by atoms with Crippen LogP contribution in [0, 0.1) is 0 Å². The normalized spacial score (nSPS) is 38.4. The van der Waals surface area contributed by atoms with Crippen molar-refractivity contribution >= 4 is 15.2 Å². The molecule has 36 heavy (non-hydrogen) atoms. The first-order valence-corrected chi connectivity index (χ1v) is 13.8. The van der Waals surface area contributed by atoms with Crippen LogP contribution in [0.4, 0.5) is 0 Å². The van der Waals surface area contributed by atoms with Gasteiger partial charge in [-0.1, -0.05) is 0 Å². The third kappa shape index (κ3) is 6.56. The molecule has 0 bridgehead atoms. The van der Waals surface area contributed by atoms with Crippen LogP contribution in [0.15, 0.2) is 21.9 Å². The van der Waals surface area contributed by atoms with Crippen molar-refractivity contribution in [3.05, 3.63) is 33.1 Å². The lowest BCUT2D eigenvalue weighted by atomic mass is 10.00. The zero-order valence-electron chi connectivity index (χ0n) is 18.2. The number of H-pyrrole nitrogens is 1. The summed E-state index contributed by atoms with van der Waals surface area (Å²) in [5, 5.41) is 58.8. The molecule has 2 aliphatic rings. The summed E-state index contributed by atoms with van der Waals surface area (Å²) in [4.78, 5) is 45.0. The molecule has 3 heterocycles. The van der Waals surface area contributed by atoms with Crippen LogP contribution in [-0.4, -0.2) is 118 Å². The number of ether oxygens (including phenoxy) is 2. The van der Waals surface area contributed by atoms with Gasteiger partial charge in [0.2, 0.25) is 0 Å². The fourth-order valence-corrected chi connectivity index (χ4v) is 6.81. The first-order valence-electron chi connectivity index (χ1n) is 10.3. The molecule has 7 unspecified atom stereocenters. The van der Waals surface area contributed by atoms with E-state index in [1.807, 2.05) is 4.98 Å². The molecule has 2 fully saturated rings. The summed E-state index contributed by atoms with van der Waals surface area (Å²) < 4.78 is 45.1. The summed E-state index contributed by atoms with van der Waals surface area (Å²) in [5.41, 5.74) is -1.70. The molecule has 1 aromatic rings. The Hall–Kier alpha value is -1.34. The number of hydrogen-bond acceptors (Lipinski definition) is 14. The molecule has 0 aliphatic carbocycles. The number of aromatic amines is 1. The van der Waals surface area contributed by atoms with Gasteiger partial charge in [0.1, 0.15) is 42.7 Å². The minimum absolute atomic E-state index is 0.732. The van der Waals surface area contributed by atoms with E-state index in [1.54, 1.807) is 0 Å². The Labute approximate surface area is 201 Å². The van der Waals surface area contributed by atoms with Gasteiger partial charge < -0.3 is 54.4 Å². The van der Waals surface area contributed by atoms with Gasteiger partial charge in [-0.05, 0) is 0 Å². The summed E-state index contributed by atoms with van der Waals surface area (Å²) in [6.07, 6.45) is -14.8. The van der Waals surface area contributed by atoms with Crippen LogP contribution in [0.3, 0.4) is 0 Å². The highest BCUT2D eigenvalue weighted by molar-refractivity contribution is 7.70. The topological polar surface area (TPSA) is 288 Å². The second-order valence-electron chi connectivity index (χ2n) is 8.08. The van der Waals surface area contributed by atoms with E-state index >= 15 is 0 Å². The van der Waals surface area contributed by atoms with Crippen molar-refractivity contribution in [1.29, 1.82) is 0 Å². The maximum Gasteiger partial charge on any atom is 0.342 e. The quantitative estimate of drug-likeness (QED) is 0.127. The SMILES string of the molecule is O=c1ccn([C@@H]2O[C@H](COP(=O)(O)CP(=O)(O)O[C@H]3OC(CO)[C@H](O)C(O)C3O)C(O)C2O)c(=O)[nH]1. The smallest absolute Gasteiger partial charge is 0.342 e. The van der Waals surface area contributed by atoms with Crippen molar-refractivity contribution in [3.63, 3.8) is 0 Å². The average Bonchev–Trinajstić information content (AvgIpc) is 3.06. The Morgan fingerprint density at radius 3 is 2.17 bits per heavy atom. The molecular weight excluding hydrogens is 538 g/mol. The molecule has 18 nitrogen and oxygen atoms in total. The Morgan fingerprint density at radius 1 is 0.917 bits per heavy atom. The molecule has 206 valence electrons. The molecule has 11 atom stereocenters. The summed E-state index contributed by atoms with van der Waals surface area (Å²) in [7, 11) is -10.1. The lowest BCUT2D eigenvalue weighted by molar-refractivity contribution is -0.278. The lowest BCUT2D eigenvalue weighted by Gasteiger charge is -2.39. The minimum atomic E-state index is -5.09. The van der Waals surface area contributed by atoms with Crippen LogP contribution in [0.5, 0.6) is 0 Å². The van der Waals surface area contributed by atoms with Crippen molar-refractivity contribution in [3.8, 4) is 0 Å². The van der Waals surface area contributed by atoms with Crippen molar-refractivity contribution in [1.82, 2.24) is 9.55 Å². The first-order chi connectivity index (χ1) is 16.7. The molecule has 3 rings (SSSR count). The number of nitrogens with one attached hydrogen (secondary N) is 1. The number of hydrogen-bond donors (Lipinski definition) is 9. The van der Waals surface area contributed by atoms with Gasteiger partial charge in [-0.15, -0.1) is 0 Å². The van der Waals surface area contributed by atoms with Gasteiger partial charge >= 0.3 is 20.9 Å². The largest absolute Gasteiger partial charge is 0.394 e. The van der Waals surface area contributed by atoms with E-state index in [2.05, 4.69) is 4.52 Å². The maximum atomic E-state index is 12.4. The number of rotatable bonds is 9. The Morgan fingerprint density at radius 2 is 1.56 bits per heavy atom. The highest BCUT2D eigenvalue weighted by atomic mass is 31.2. The van der Waals surface area contributed by atoms with E-state index < -0.39 is 101 Å².